The molecule has 15 heavy (non-hydrogen) atoms. The van der Waals surface area contributed by atoms with Gasteiger partial charge in [-0.15, -0.1) is 0 Å². The van der Waals surface area contributed by atoms with Gasteiger partial charge in [0.1, 0.15) is 0 Å². The van der Waals surface area contributed by atoms with Gasteiger partial charge in [-0.2, -0.15) is 0 Å². The van der Waals surface area contributed by atoms with Crippen LogP contribution in [-0.4, -0.2) is 41.1 Å². The molecule has 1 rings (SSSR count). The average molecular weight is 214 g/mol. The maximum absolute atomic E-state index is 12.0. The Morgan fingerprint density at radius 2 is 2.20 bits per heavy atom. The molecule has 1 amide bonds. The average Bonchev–Trinajstić information content (AvgIpc) is 2.46. The van der Waals surface area contributed by atoms with Crippen LogP contribution in [0, 0.1) is 11.8 Å². The minimum absolute atomic E-state index is 0.0882. The zero-order valence-electron chi connectivity index (χ0n) is 9.86. The number of likely N-dealkylation sites (tertiary alicyclic amines) is 1. The molecule has 0 saturated carbocycles. The summed E-state index contributed by atoms with van der Waals surface area (Å²) in [6.45, 7) is 7.25. The second-order valence-corrected chi connectivity index (χ2v) is 5.09. The van der Waals surface area contributed by atoms with Crippen molar-refractivity contribution < 1.29 is 9.90 Å². The quantitative estimate of drug-likeness (QED) is 0.705. The van der Waals surface area contributed by atoms with Crippen molar-refractivity contribution in [3.8, 4) is 0 Å². The van der Waals surface area contributed by atoms with Crippen LogP contribution >= 0.6 is 0 Å². The van der Waals surface area contributed by atoms with Crippen LogP contribution in [0.2, 0.25) is 0 Å². The summed E-state index contributed by atoms with van der Waals surface area (Å²) in [5.41, 5.74) is 4.88. The van der Waals surface area contributed by atoms with Gasteiger partial charge in [-0.25, -0.2) is 0 Å². The molecule has 4 heteroatoms. The molecule has 0 bridgehead atoms. The van der Waals surface area contributed by atoms with Crippen molar-refractivity contribution in [2.75, 3.05) is 19.6 Å². The molecule has 4 nitrogen and oxygen atoms in total. The number of carbonyl (C=O) groups is 1. The maximum Gasteiger partial charge on any atom is 0.227 e. The number of carbonyl (C=O) groups excluding carboxylic acids is 1. The third kappa shape index (κ3) is 2.92. The zero-order chi connectivity index (χ0) is 11.6. The highest BCUT2D eigenvalue weighted by Gasteiger charge is 2.36. The van der Waals surface area contributed by atoms with Gasteiger partial charge in [-0.3, -0.25) is 4.79 Å². The Balaban J connectivity index is 2.61. The van der Waals surface area contributed by atoms with E-state index in [1.54, 1.807) is 11.8 Å². The molecule has 88 valence electrons. The third-order valence-corrected chi connectivity index (χ3v) is 3.14. The van der Waals surface area contributed by atoms with Gasteiger partial charge in [0, 0.05) is 19.6 Å². The Kier molecular flexibility index (Phi) is 3.73. The van der Waals surface area contributed by atoms with E-state index in [1.807, 2.05) is 13.8 Å². The number of nitrogens with zero attached hydrogens (tertiary/aromatic N) is 1. The predicted molar refractivity (Wildman–Crippen MR) is 59.2 cm³/mol. The van der Waals surface area contributed by atoms with Crippen molar-refractivity contribution in [3.05, 3.63) is 0 Å². The lowest BCUT2D eigenvalue weighted by Gasteiger charge is -2.25. The van der Waals surface area contributed by atoms with E-state index >= 15 is 0 Å². The molecule has 0 spiro atoms. The van der Waals surface area contributed by atoms with E-state index in [0.717, 1.165) is 0 Å². The molecule has 0 aliphatic carbocycles. The van der Waals surface area contributed by atoms with Crippen molar-refractivity contribution in [2.24, 2.45) is 17.6 Å². The molecule has 0 aromatic rings. The molecule has 2 unspecified atom stereocenters. The topological polar surface area (TPSA) is 66.6 Å². The lowest BCUT2D eigenvalue weighted by molar-refractivity contribution is -0.136. The number of β-amino-alcohol motifs (C(OH)–C–C–N with tert-alkyl or cyclic N) is 1. The van der Waals surface area contributed by atoms with E-state index in [9.17, 15) is 9.90 Å². The summed E-state index contributed by atoms with van der Waals surface area (Å²) in [5.74, 6) is 0.234. The third-order valence-electron chi connectivity index (χ3n) is 3.14. The van der Waals surface area contributed by atoms with Crippen molar-refractivity contribution in [2.45, 2.75) is 32.8 Å². The number of amides is 1. The number of aliphatic hydroxyl groups is 1. The molecule has 1 fully saturated rings. The predicted octanol–water partition coefficient (Wildman–Crippen LogP) is 0.201. The Bertz CT molecular complexity index is 239. The second-order valence-electron chi connectivity index (χ2n) is 5.09. The van der Waals surface area contributed by atoms with Gasteiger partial charge >= 0.3 is 0 Å². The lowest BCUT2D eigenvalue weighted by Crippen LogP contribution is -2.42. The molecule has 1 saturated heterocycles. The van der Waals surface area contributed by atoms with Crippen LogP contribution in [-0.2, 0) is 4.79 Å². The number of hydrogen-bond acceptors (Lipinski definition) is 3. The molecule has 0 radical (unpaired) electrons. The Labute approximate surface area is 91.4 Å². The van der Waals surface area contributed by atoms with E-state index in [0.29, 0.717) is 26.1 Å². The molecule has 3 N–H and O–H groups in total. The summed E-state index contributed by atoms with van der Waals surface area (Å²) >= 11 is 0. The first kappa shape index (κ1) is 12.5. The molecule has 0 aromatic heterocycles. The van der Waals surface area contributed by atoms with Gasteiger partial charge in [0.2, 0.25) is 5.91 Å². The largest absolute Gasteiger partial charge is 0.388 e. The summed E-state index contributed by atoms with van der Waals surface area (Å²) in [6, 6.07) is 0. The maximum atomic E-state index is 12.0. The van der Waals surface area contributed by atoms with E-state index in [1.165, 1.54) is 0 Å². The van der Waals surface area contributed by atoms with Crippen LogP contribution in [0.4, 0.5) is 0 Å². The van der Waals surface area contributed by atoms with Crippen molar-refractivity contribution >= 4 is 5.91 Å². The first-order valence-electron chi connectivity index (χ1n) is 5.58. The van der Waals surface area contributed by atoms with Crippen LogP contribution in [0.5, 0.6) is 0 Å². The molecule has 1 aliphatic heterocycles. The molecule has 1 heterocycles. The minimum Gasteiger partial charge on any atom is -0.388 e. The fourth-order valence-electron chi connectivity index (χ4n) is 2.03. The Morgan fingerprint density at radius 3 is 2.53 bits per heavy atom. The van der Waals surface area contributed by atoms with Gasteiger partial charge in [-0.1, -0.05) is 13.8 Å². The highest BCUT2D eigenvalue weighted by Crippen LogP contribution is 2.23. The zero-order valence-corrected chi connectivity index (χ0v) is 9.86. The van der Waals surface area contributed by atoms with Crippen LogP contribution in [0.1, 0.15) is 27.2 Å². The Hall–Kier alpha value is -0.610. The second kappa shape index (κ2) is 4.49. The number of hydrogen-bond donors (Lipinski definition) is 2. The summed E-state index contributed by atoms with van der Waals surface area (Å²) < 4.78 is 0. The minimum atomic E-state index is -0.716. The molecular formula is C11H22N2O2. The van der Waals surface area contributed by atoms with Crippen molar-refractivity contribution in [1.29, 1.82) is 0 Å². The molecular weight excluding hydrogens is 192 g/mol. The summed E-state index contributed by atoms with van der Waals surface area (Å²) in [4.78, 5) is 13.8. The molecule has 0 aromatic carbocycles. The van der Waals surface area contributed by atoms with Gasteiger partial charge in [0.05, 0.1) is 11.5 Å². The van der Waals surface area contributed by atoms with Crippen LogP contribution < -0.4 is 5.73 Å². The fourth-order valence-corrected chi connectivity index (χ4v) is 2.03. The summed E-state index contributed by atoms with van der Waals surface area (Å²) in [5, 5.41) is 9.78. The smallest absolute Gasteiger partial charge is 0.227 e. The van der Waals surface area contributed by atoms with Gasteiger partial charge in [0.25, 0.3) is 0 Å². The number of rotatable bonds is 3. The van der Waals surface area contributed by atoms with Crippen LogP contribution in [0.25, 0.3) is 0 Å². The van der Waals surface area contributed by atoms with Gasteiger partial charge in [0.15, 0.2) is 0 Å². The summed E-state index contributed by atoms with van der Waals surface area (Å²) in [6.07, 6.45) is 0.661. The highest BCUT2D eigenvalue weighted by molar-refractivity contribution is 5.79. The Morgan fingerprint density at radius 1 is 1.60 bits per heavy atom. The molecule has 2 atom stereocenters. The van der Waals surface area contributed by atoms with E-state index < -0.39 is 5.60 Å². The SMILES string of the molecule is CC(C)C(CN)C(=O)N1CCC(C)(O)C1. The monoisotopic (exact) mass is 214 g/mol. The van der Waals surface area contributed by atoms with Crippen molar-refractivity contribution in [3.63, 3.8) is 0 Å². The van der Waals surface area contributed by atoms with Crippen LogP contribution in [0.15, 0.2) is 0 Å². The van der Waals surface area contributed by atoms with E-state index in [-0.39, 0.29) is 17.7 Å². The first-order chi connectivity index (χ1) is 6.87. The number of nitrogens with two attached hydrogens (primary N) is 1. The normalized spacial score (nSPS) is 28.5. The fraction of sp³-hybridized carbons (Fsp3) is 0.909. The van der Waals surface area contributed by atoms with Crippen LogP contribution in [0.3, 0.4) is 0 Å². The summed E-state index contributed by atoms with van der Waals surface area (Å²) in [7, 11) is 0. The van der Waals surface area contributed by atoms with Gasteiger partial charge in [-0.05, 0) is 19.3 Å². The standard InChI is InChI=1S/C11H22N2O2/c1-8(2)9(6-12)10(14)13-5-4-11(3,15)7-13/h8-9,15H,4-7,12H2,1-3H3. The lowest BCUT2D eigenvalue weighted by atomic mass is 9.94. The molecule has 1 aliphatic rings. The highest BCUT2D eigenvalue weighted by atomic mass is 16.3. The van der Waals surface area contributed by atoms with Crippen molar-refractivity contribution in [1.82, 2.24) is 4.90 Å². The van der Waals surface area contributed by atoms with E-state index in [4.69, 9.17) is 5.73 Å². The first-order valence-corrected chi connectivity index (χ1v) is 5.58. The van der Waals surface area contributed by atoms with E-state index in [2.05, 4.69) is 0 Å². The van der Waals surface area contributed by atoms with Gasteiger partial charge < -0.3 is 15.7 Å².